The second-order valence-electron chi connectivity index (χ2n) is 7.52. The van der Waals surface area contributed by atoms with Gasteiger partial charge >= 0.3 is 0 Å². The molecule has 0 saturated heterocycles. The van der Waals surface area contributed by atoms with Crippen LogP contribution in [0, 0.1) is 0 Å². The molecule has 0 amide bonds. The van der Waals surface area contributed by atoms with Crippen molar-refractivity contribution in [3.63, 3.8) is 0 Å². The Balaban J connectivity index is 1.58. The van der Waals surface area contributed by atoms with Crippen molar-refractivity contribution in [2.45, 2.75) is 19.6 Å². The summed E-state index contributed by atoms with van der Waals surface area (Å²) in [5.41, 5.74) is 3.71. The van der Waals surface area contributed by atoms with Crippen LogP contribution in [0.25, 0.3) is 16.6 Å². The van der Waals surface area contributed by atoms with Crippen LogP contribution in [0.4, 0.5) is 16.0 Å². The van der Waals surface area contributed by atoms with Gasteiger partial charge in [0.15, 0.2) is 0 Å². The van der Waals surface area contributed by atoms with Gasteiger partial charge in [-0.3, -0.25) is 9.36 Å². The van der Waals surface area contributed by atoms with Crippen LogP contribution in [0.3, 0.4) is 0 Å². The maximum atomic E-state index is 14.0. The number of para-hydroxylation sites is 1. The molecule has 6 nitrogen and oxygen atoms in total. The standard InChI is InChI=1S/C23H18Cl2FN5O/c24-18-2-1-3-19(25)21(18)31-12-15(9-26)20-17(22(31)32)11-28-23(30-20)29-16-5-4-14-10-27-7-6-13(14)8-16/h1-5,8,11-12,27H,6-7,9-10H2,(H,28,29,30). The van der Waals surface area contributed by atoms with Crippen molar-refractivity contribution in [1.82, 2.24) is 19.9 Å². The number of anilines is 2. The van der Waals surface area contributed by atoms with Crippen molar-refractivity contribution in [3.05, 3.63) is 85.9 Å². The molecule has 1 aliphatic rings. The van der Waals surface area contributed by atoms with Crippen molar-refractivity contribution in [2.75, 3.05) is 11.9 Å². The van der Waals surface area contributed by atoms with Crippen LogP contribution in [0.5, 0.6) is 0 Å². The molecule has 0 fully saturated rings. The summed E-state index contributed by atoms with van der Waals surface area (Å²) in [5, 5.41) is 7.25. The topological polar surface area (TPSA) is 71.8 Å². The first-order valence-corrected chi connectivity index (χ1v) is 10.8. The van der Waals surface area contributed by atoms with Crippen LogP contribution >= 0.6 is 23.2 Å². The fourth-order valence-electron chi connectivity index (χ4n) is 3.92. The van der Waals surface area contributed by atoms with Crippen LogP contribution in [-0.2, 0) is 19.6 Å². The van der Waals surface area contributed by atoms with Gasteiger partial charge in [0, 0.05) is 30.2 Å². The molecule has 3 heterocycles. The largest absolute Gasteiger partial charge is 0.324 e. The van der Waals surface area contributed by atoms with E-state index in [1.807, 2.05) is 6.07 Å². The minimum atomic E-state index is -0.818. The molecule has 0 spiro atoms. The summed E-state index contributed by atoms with van der Waals surface area (Å²) in [6.07, 6.45) is 3.73. The lowest BCUT2D eigenvalue weighted by Gasteiger charge is -2.18. The normalized spacial score (nSPS) is 13.2. The second kappa shape index (κ2) is 8.50. The van der Waals surface area contributed by atoms with E-state index in [0.717, 1.165) is 25.2 Å². The monoisotopic (exact) mass is 469 g/mol. The van der Waals surface area contributed by atoms with E-state index in [-0.39, 0.29) is 32.5 Å². The van der Waals surface area contributed by atoms with Gasteiger partial charge in [0.1, 0.15) is 6.67 Å². The molecule has 2 N–H and O–H groups in total. The third-order valence-electron chi connectivity index (χ3n) is 5.50. The lowest BCUT2D eigenvalue weighted by molar-refractivity contribution is 0.485. The van der Waals surface area contributed by atoms with Crippen LogP contribution in [0.15, 0.2) is 53.6 Å². The Morgan fingerprint density at radius 2 is 1.97 bits per heavy atom. The first kappa shape index (κ1) is 20.9. The second-order valence-corrected chi connectivity index (χ2v) is 8.34. The van der Waals surface area contributed by atoms with E-state index in [1.165, 1.54) is 28.1 Å². The molecule has 4 aromatic rings. The first-order valence-electron chi connectivity index (χ1n) is 10.1. The van der Waals surface area contributed by atoms with Crippen LogP contribution in [-0.4, -0.2) is 21.1 Å². The Labute approximate surface area is 193 Å². The van der Waals surface area contributed by atoms with Gasteiger partial charge in [-0.25, -0.2) is 14.4 Å². The number of hydrogen-bond acceptors (Lipinski definition) is 5. The zero-order valence-electron chi connectivity index (χ0n) is 16.8. The molecule has 5 rings (SSSR count). The minimum absolute atomic E-state index is 0.179. The van der Waals surface area contributed by atoms with Gasteiger partial charge in [0.2, 0.25) is 5.95 Å². The molecule has 1 aliphatic heterocycles. The molecule has 0 bridgehead atoms. The van der Waals surface area contributed by atoms with Gasteiger partial charge in [0.05, 0.1) is 26.6 Å². The average molecular weight is 470 g/mol. The highest BCUT2D eigenvalue weighted by Crippen LogP contribution is 2.29. The summed E-state index contributed by atoms with van der Waals surface area (Å²) in [6, 6.07) is 11.0. The van der Waals surface area contributed by atoms with Crippen molar-refractivity contribution in [1.29, 1.82) is 0 Å². The molecular formula is C23H18Cl2FN5O. The maximum Gasteiger partial charge on any atom is 0.266 e. The summed E-state index contributed by atoms with van der Waals surface area (Å²) >= 11 is 12.5. The van der Waals surface area contributed by atoms with Gasteiger partial charge in [-0.05, 0) is 48.4 Å². The summed E-state index contributed by atoms with van der Waals surface area (Å²) in [4.78, 5) is 21.9. The molecule has 0 atom stereocenters. The molecule has 9 heteroatoms. The lowest BCUT2D eigenvalue weighted by atomic mass is 10.0. The highest BCUT2D eigenvalue weighted by atomic mass is 35.5. The molecule has 0 radical (unpaired) electrons. The number of halogens is 3. The molecule has 0 aliphatic carbocycles. The summed E-state index contributed by atoms with van der Waals surface area (Å²) in [7, 11) is 0. The number of fused-ring (bicyclic) bond motifs is 2. The van der Waals surface area contributed by atoms with Crippen molar-refractivity contribution in [2.24, 2.45) is 0 Å². The van der Waals surface area contributed by atoms with Gasteiger partial charge < -0.3 is 10.6 Å². The number of aromatic nitrogens is 3. The van der Waals surface area contributed by atoms with E-state index in [9.17, 15) is 9.18 Å². The third kappa shape index (κ3) is 3.72. The van der Waals surface area contributed by atoms with E-state index in [1.54, 1.807) is 18.2 Å². The Hall–Kier alpha value is -3.00. The Morgan fingerprint density at radius 3 is 2.75 bits per heavy atom. The van der Waals surface area contributed by atoms with Crippen molar-refractivity contribution < 1.29 is 4.39 Å². The first-order chi connectivity index (χ1) is 15.5. The Kier molecular flexibility index (Phi) is 5.55. The predicted molar refractivity (Wildman–Crippen MR) is 125 cm³/mol. The molecule has 2 aromatic carbocycles. The van der Waals surface area contributed by atoms with Crippen LogP contribution in [0.2, 0.25) is 10.0 Å². The van der Waals surface area contributed by atoms with Crippen molar-refractivity contribution >= 4 is 45.7 Å². The van der Waals surface area contributed by atoms with Crippen molar-refractivity contribution in [3.8, 4) is 5.69 Å². The number of nitrogens with one attached hydrogen (secondary N) is 2. The highest BCUT2D eigenvalue weighted by molar-refractivity contribution is 6.37. The number of nitrogens with zero attached hydrogens (tertiary/aromatic N) is 3. The summed E-state index contributed by atoms with van der Waals surface area (Å²) in [5.74, 6) is 0.286. The predicted octanol–water partition coefficient (Wildman–Crippen LogP) is 4.95. The fraction of sp³-hybridized carbons (Fsp3) is 0.174. The highest BCUT2D eigenvalue weighted by Gasteiger charge is 2.17. The van der Waals surface area contributed by atoms with E-state index < -0.39 is 12.2 Å². The molecule has 162 valence electrons. The average Bonchev–Trinajstić information content (AvgIpc) is 2.80. The van der Waals surface area contributed by atoms with Gasteiger partial charge in [-0.15, -0.1) is 0 Å². The van der Waals surface area contributed by atoms with E-state index >= 15 is 0 Å². The van der Waals surface area contributed by atoms with Crippen LogP contribution in [0.1, 0.15) is 16.7 Å². The van der Waals surface area contributed by atoms with Gasteiger partial charge in [-0.1, -0.05) is 35.3 Å². The zero-order chi connectivity index (χ0) is 22.2. The smallest absolute Gasteiger partial charge is 0.266 e. The van der Waals surface area contributed by atoms with E-state index in [4.69, 9.17) is 23.2 Å². The lowest BCUT2D eigenvalue weighted by Crippen LogP contribution is -2.23. The van der Waals surface area contributed by atoms with E-state index in [0.29, 0.717) is 5.69 Å². The quantitative estimate of drug-likeness (QED) is 0.442. The number of alkyl halides is 1. The Morgan fingerprint density at radius 1 is 1.16 bits per heavy atom. The number of pyridine rings is 1. The maximum absolute atomic E-state index is 14.0. The molecular weight excluding hydrogens is 452 g/mol. The summed E-state index contributed by atoms with van der Waals surface area (Å²) < 4.78 is 15.2. The molecule has 0 saturated carbocycles. The Bertz CT molecular complexity index is 1390. The number of hydrogen-bond donors (Lipinski definition) is 2. The van der Waals surface area contributed by atoms with Crippen LogP contribution < -0.4 is 16.2 Å². The number of benzene rings is 2. The summed E-state index contributed by atoms with van der Waals surface area (Å²) in [6.45, 7) is 0.968. The number of rotatable bonds is 4. The van der Waals surface area contributed by atoms with E-state index in [2.05, 4.69) is 32.7 Å². The third-order valence-corrected chi connectivity index (χ3v) is 6.11. The fourth-order valence-corrected chi connectivity index (χ4v) is 4.50. The van der Waals surface area contributed by atoms with Gasteiger partial charge in [0.25, 0.3) is 5.56 Å². The molecule has 2 aromatic heterocycles. The SMILES string of the molecule is O=c1c2cnc(Nc3ccc4c(c3)CCNC4)nc2c(CF)cn1-c1c(Cl)cccc1Cl. The molecule has 32 heavy (non-hydrogen) atoms. The minimum Gasteiger partial charge on any atom is -0.324 e. The van der Waals surface area contributed by atoms with Gasteiger partial charge in [-0.2, -0.15) is 0 Å². The zero-order valence-corrected chi connectivity index (χ0v) is 18.3. The molecule has 0 unspecified atom stereocenters.